The van der Waals surface area contributed by atoms with Gasteiger partial charge in [0.15, 0.2) is 6.61 Å². The maximum absolute atomic E-state index is 12.6. The van der Waals surface area contributed by atoms with Gasteiger partial charge < -0.3 is 10.1 Å². The first kappa shape index (κ1) is 18.7. The molecule has 0 fully saturated rings. The van der Waals surface area contributed by atoms with Crippen molar-refractivity contribution in [2.75, 3.05) is 18.1 Å². The molecule has 146 valence electrons. The van der Waals surface area contributed by atoms with E-state index in [1.165, 1.54) is 4.90 Å². The Morgan fingerprint density at radius 3 is 2.38 bits per heavy atom. The van der Waals surface area contributed by atoms with E-state index in [0.717, 1.165) is 16.7 Å². The Morgan fingerprint density at radius 1 is 0.966 bits per heavy atom. The fourth-order valence-corrected chi connectivity index (χ4v) is 3.44. The zero-order valence-electron chi connectivity index (χ0n) is 16.2. The van der Waals surface area contributed by atoms with E-state index >= 15 is 0 Å². The Balaban J connectivity index is 1.42. The van der Waals surface area contributed by atoms with Crippen molar-refractivity contribution in [2.24, 2.45) is 0 Å². The van der Waals surface area contributed by atoms with Crippen LogP contribution in [0.15, 0.2) is 78.9 Å². The topological polar surface area (TPSA) is 58.6 Å². The van der Waals surface area contributed by atoms with Crippen LogP contribution in [0, 0.1) is 0 Å². The first-order valence-electron chi connectivity index (χ1n) is 9.59. The van der Waals surface area contributed by atoms with Crippen molar-refractivity contribution in [3.8, 4) is 16.9 Å². The van der Waals surface area contributed by atoms with Crippen LogP contribution in [0.5, 0.6) is 5.75 Å². The van der Waals surface area contributed by atoms with Gasteiger partial charge in [-0.05, 0) is 35.7 Å². The number of hydrogen-bond donors (Lipinski definition) is 1. The molecule has 0 unspecified atom stereocenters. The summed E-state index contributed by atoms with van der Waals surface area (Å²) in [4.78, 5) is 26.3. The average Bonchev–Trinajstić information content (AvgIpc) is 2.76. The zero-order valence-corrected chi connectivity index (χ0v) is 16.2. The molecule has 5 nitrogen and oxygen atoms in total. The van der Waals surface area contributed by atoms with Crippen molar-refractivity contribution in [2.45, 2.75) is 13.0 Å². The normalized spacial score (nSPS) is 14.0. The molecule has 1 aliphatic heterocycles. The van der Waals surface area contributed by atoms with Crippen molar-refractivity contribution >= 4 is 17.5 Å². The van der Waals surface area contributed by atoms with Gasteiger partial charge in [0.05, 0.1) is 11.7 Å². The molecule has 1 heterocycles. The first-order chi connectivity index (χ1) is 14.1. The second-order valence-corrected chi connectivity index (χ2v) is 7.01. The van der Waals surface area contributed by atoms with Crippen LogP contribution in [0.4, 0.5) is 5.69 Å². The molecule has 0 saturated heterocycles. The fraction of sp³-hybridized carbons (Fsp3) is 0.167. The molecule has 2 amide bonds. The molecule has 4 rings (SSSR count). The minimum absolute atomic E-state index is 0.0361. The smallest absolute Gasteiger partial charge is 0.265 e. The van der Waals surface area contributed by atoms with Crippen LogP contribution in [-0.4, -0.2) is 25.0 Å². The van der Waals surface area contributed by atoms with Crippen molar-refractivity contribution in [1.29, 1.82) is 0 Å². The third-order valence-corrected chi connectivity index (χ3v) is 5.01. The number of nitrogens with zero attached hydrogens (tertiary/aromatic N) is 1. The van der Waals surface area contributed by atoms with Crippen molar-refractivity contribution < 1.29 is 14.3 Å². The highest BCUT2D eigenvalue weighted by atomic mass is 16.5. The molecule has 3 aromatic carbocycles. The predicted molar refractivity (Wildman–Crippen MR) is 113 cm³/mol. The molecule has 29 heavy (non-hydrogen) atoms. The number of hydrogen-bond acceptors (Lipinski definition) is 3. The van der Waals surface area contributed by atoms with E-state index < -0.39 is 0 Å². The second-order valence-electron chi connectivity index (χ2n) is 7.01. The Bertz CT molecular complexity index is 1020. The lowest BCUT2D eigenvalue weighted by Crippen LogP contribution is -2.45. The van der Waals surface area contributed by atoms with Crippen LogP contribution in [0.2, 0.25) is 0 Å². The minimum atomic E-state index is -0.223. The summed E-state index contributed by atoms with van der Waals surface area (Å²) in [6.45, 7) is 1.84. The van der Waals surface area contributed by atoms with Crippen LogP contribution in [-0.2, 0) is 9.59 Å². The summed E-state index contributed by atoms with van der Waals surface area (Å²) in [6.07, 6.45) is 0. The van der Waals surface area contributed by atoms with E-state index in [0.29, 0.717) is 11.4 Å². The van der Waals surface area contributed by atoms with Gasteiger partial charge in [0.25, 0.3) is 5.91 Å². The number of anilines is 1. The predicted octanol–water partition coefficient (Wildman–Crippen LogP) is 3.96. The summed E-state index contributed by atoms with van der Waals surface area (Å²) in [5.74, 6) is 0.179. The summed E-state index contributed by atoms with van der Waals surface area (Å²) < 4.78 is 5.42. The van der Waals surface area contributed by atoms with Gasteiger partial charge in [-0.25, -0.2) is 0 Å². The van der Waals surface area contributed by atoms with Crippen LogP contribution in [0.1, 0.15) is 18.5 Å². The molecule has 0 saturated carbocycles. The van der Waals surface area contributed by atoms with Gasteiger partial charge in [0.2, 0.25) is 5.91 Å². The highest BCUT2D eigenvalue weighted by molar-refractivity contribution is 6.02. The number of carbonyl (C=O) groups excluding carboxylic acids is 2. The van der Waals surface area contributed by atoms with Crippen molar-refractivity contribution in [3.63, 3.8) is 0 Å². The Hall–Kier alpha value is -3.60. The van der Waals surface area contributed by atoms with Crippen molar-refractivity contribution in [1.82, 2.24) is 5.32 Å². The summed E-state index contributed by atoms with van der Waals surface area (Å²) in [6, 6.07) is 25.4. The van der Waals surface area contributed by atoms with E-state index in [9.17, 15) is 9.59 Å². The van der Waals surface area contributed by atoms with Gasteiger partial charge in [-0.2, -0.15) is 0 Å². The van der Waals surface area contributed by atoms with Crippen LogP contribution in [0.25, 0.3) is 11.1 Å². The molecular weight excluding hydrogens is 364 g/mol. The Morgan fingerprint density at radius 2 is 1.62 bits per heavy atom. The lowest BCUT2D eigenvalue weighted by molar-refractivity contribution is -0.125. The minimum Gasteiger partial charge on any atom is -0.482 e. The molecule has 0 radical (unpaired) electrons. The largest absolute Gasteiger partial charge is 0.482 e. The summed E-state index contributed by atoms with van der Waals surface area (Å²) in [5.41, 5.74) is 3.91. The molecule has 0 bridgehead atoms. The maximum Gasteiger partial charge on any atom is 0.265 e. The highest BCUT2D eigenvalue weighted by Crippen LogP contribution is 2.31. The molecule has 0 spiro atoms. The number of para-hydroxylation sites is 2. The van der Waals surface area contributed by atoms with E-state index in [-0.39, 0.29) is 31.0 Å². The third kappa shape index (κ3) is 4.14. The quantitative estimate of drug-likeness (QED) is 0.722. The monoisotopic (exact) mass is 386 g/mol. The first-order valence-corrected chi connectivity index (χ1v) is 9.59. The van der Waals surface area contributed by atoms with Gasteiger partial charge in [-0.1, -0.05) is 66.7 Å². The van der Waals surface area contributed by atoms with E-state index in [1.807, 2.05) is 49.4 Å². The number of rotatable bonds is 5. The maximum atomic E-state index is 12.6. The molecule has 1 atom stereocenters. The van der Waals surface area contributed by atoms with Crippen molar-refractivity contribution in [3.05, 3.63) is 84.4 Å². The van der Waals surface area contributed by atoms with Gasteiger partial charge >= 0.3 is 0 Å². The van der Waals surface area contributed by atoms with Gasteiger partial charge in [-0.15, -0.1) is 0 Å². The number of carbonyl (C=O) groups is 2. The number of benzene rings is 3. The average molecular weight is 386 g/mol. The number of ether oxygens (including phenoxy) is 1. The van der Waals surface area contributed by atoms with E-state index in [4.69, 9.17) is 4.74 Å². The lowest BCUT2D eigenvalue weighted by Gasteiger charge is -2.29. The number of fused-ring (bicyclic) bond motifs is 1. The van der Waals surface area contributed by atoms with E-state index in [1.54, 1.807) is 12.1 Å². The summed E-state index contributed by atoms with van der Waals surface area (Å²) in [5, 5.41) is 2.98. The molecule has 0 aliphatic carbocycles. The molecule has 1 aliphatic rings. The molecule has 1 N–H and O–H groups in total. The number of nitrogens with one attached hydrogen (secondary N) is 1. The second kappa shape index (κ2) is 8.19. The van der Waals surface area contributed by atoms with Gasteiger partial charge in [0.1, 0.15) is 12.3 Å². The van der Waals surface area contributed by atoms with Crippen LogP contribution < -0.4 is 15.0 Å². The number of amides is 2. The Kier molecular flexibility index (Phi) is 5.29. The Labute approximate surface area is 169 Å². The van der Waals surface area contributed by atoms with Gasteiger partial charge in [0, 0.05) is 0 Å². The molecular formula is C24H22N2O3. The molecule has 5 heteroatoms. The zero-order chi connectivity index (χ0) is 20.2. The molecule has 0 aromatic heterocycles. The standard InChI is InChI=1S/C24H22N2O3/c1-17(18-11-13-20(14-12-18)19-7-3-2-4-8-19)25-23(27)15-26-21-9-5-6-10-22(21)29-16-24(26)28/h2-14,17H,15-16H2,1H3,(H,25,27)/t17-/m0/s1. The summed E-state index contributed by atoms with van der Waals surface area (Å²) in [7, 11) is 0. The lowest BCUT2D eigenvalue weighted by atomic mass is 10.0. The fourth-order valence-electron chi connectivity index (χ4n) is 3.44. The van der Waals surface area contributed by atoms with E-state index in [2.05, 4.69) is 29.6 Å². The van der Waals surface area contributed by atoms with Crippen LogP contribution >= 0.6 is 0 Å². The van der Waals surface area contributed by atoms with Crippen LogP contribution in [0.3, 0.4) is 0 Å². The van der Waals surface area contributed by atoms with Gasteiger partial charge in [-0.3, -0.25) is 14.5 Å². The third-order valence-electron chi connectivity index (χ3n) is 5.01. The summed E-state index contributed by atoms with van der Waals surface area (Å²) >= 11 is 0. The SMILES string of the molecule is C[C@H](NC(=O)CN1C(=O)COc2ccccc21)c1ccc(-c2ccccc2)cc1. The molecule has 3 aromatic rings. The highest BCUT2D eigenvalue weighted by Gasteiger charge is 2.27.